The summed E-state index contributed by atoms with van der Waals surface area (Å²) >= 11 is 6.20. The van der Waals surface area contributed by atoms with E-state index in [1.165, 1.54) is 27.7 Å². The molecule has 2 aromatic rings. The van der Waals surface area contributed by atoms with Crippen LogP contribution in [0.1, 0.15) is 12.8 Å². The summed E-state index contributed by atoms with van der Waals surface area (Å²) in [5.74, 6) is -1.49. The van der Waals surface area contributed by atoms with Gasteiger partial charge in [0, 0.05) is 37.8 Å². The van der Waals surface area contributed by atoms with E-state index in [1.54, 1.807) is 7.05 Å². The molecule has 1 saturated heterocycles. The van der Waals surface area contributed by atoms with Crippen LogP contribution in [0.3, 0.4) is 0 Å². The van der Waals surface area contributed by atoms with Crippen LogP contribution in [-0.4, -0.2) is 61.1 Å². The molecule has 7 nitrogen and oxygen atoms in total. The van der Waals surface area contributed by atoms with E-state index < -0.39 is 27.7 Å². The monoisotopic (exact) mass is 458 g/mol. The topological polar surface area (TPSA) is 82.6 Å². The van der Waals surface area contributed by atoms with Crippen molar-refractivity contribution < 1.29 is 22.0 Å². The number of sulfonamides is 1. The first-order valence-corrected chi connectivity index (χ1v) is 11.4. The van der Waals surface area contributed by atoms with Gasteiger partial charge in [-0.2, -0.15) is 0 Å². The fourth-order valence-corrected chi connectivity index (χ4v) is 4.50. The van der Waals surface area contributed by atoms with Crippen molar-refractivity contribution in [3.05, 3.63) is 47.1 Å². The molecule has 0 radical (unpaired) electrons. The molecule has 1 aliphatic rings. The number of anilines is 1. The maximum absolute atomic E-state index is 13.4. The van der Waals surface area contributed by atoms with Crippen LogP contribution in [0, 0.1) is 11.6 Å². The fraction of sp³-hybridized carbons (Fsp3) is 0.368. The van der Waals surface area contributed by atoms with Crippen molar-refractivity contribution in [3.8, 4) is 11.3 Å². The third kappa shape index (κ3) is 5.24. The van der Waals surface area contributed by atoms with E-state index in [-0.39, 0.29) is 22.3 Å². The van der Waals surface area contributed by atoms with Crippen LogP contribution in [0.15, 0.2) is 30.5 Å². The molecule has 162 valence electrons. The molecule has 0 spiro atoms. The van der Waals surface area contributed by atoms with Crippen molar-refractivity contribution in [2.24, 2.45) is 0 Å². The second-order valence-electron chi connectivity index (χ2n) is 7.15. The lowest BCUT2D eigenvalue weighted by atomic mass is 10.1. The van der Waals surface area contributed by atoms with Crippen LogP contribution < -0.4 is 5.32 Å². The largest absolute Gasteiger partial charge is 0.325 e. The smallest absolute Gasteiger partial charge is 0.321 e. The molecular formula is C19H21ClF2N4O3S. The molecular weight excluding hydrogens is 438 g/mol. The summed E-state index contributed by atoms with van der Waals surface area (Å²) in [6.07, 6.45) is 3.57. The van der Waals surface area contributed by atoms with E-state index >= 15 is 0 Å². The fourth-order valence-electron chi connectivity index (χ4n) is 3.35. The van der Waals surface area contributed by atoms with E-state index in [4.69, 9.17) is 11.6 Å². The van der Waals surface area contributed by atoms with Crippen molar-refractivity contribution in [1.29, 1.82) is 0 Å². The number of piperidine rings is 1. The van der Waals surface area contributed by atoms with E-state index in [9.17, 15) is 22.0 Å². The number of hydrogen-bond acceptors (Lipinski definition) is 4. The number of carbonyl (C=O) groups excluding carboxylic acids is 1. The lowest BCUT2D eigenvalue weighted by Crippen LogP contribution is -2.48. The molecule has 1 aliphatic heterocycles. The van der Waals surface area contributed by atoms with Gasteiger partial charge in [0.1, 0.15) is 11.6 Å². The number of amides is 2. The first-order chi connectivity index (χ1) is 14.0. The highest BCUT2D eigenvalue weighted by Crippen LogP contribution is 2.29. The van der Waals surface area contributed by atoms with E-state index in [2.05, 4.69) is 10.3 Å². The maximum Gasteiger partial charge on any atom is 0.321 e. The summed E-state index contributed by atoms with van der Waals surface area (Å²) in [5, 5.41) is 2.81. The Morgan fingerprint density at radius 3 is 2.33 bits per heavy atom. The number of nitrogens with one attached hydrogen (secondary N) is 1. The molecule has 1 N–H and O–H groups in total. The van der Waals surface area contributed by atoms with E-state index in [0.717, 1.165) is 18.2 Å². The third-order valence-electron chi connectivity index (χ3n) is 4.99. The minimum absolute atomic E-state index is 0.110. The van der Waals surface area contributed by atoms with Gasteiger partial charge in [0.05, 0.1) is 28.9 Å². The zero-order chi connectivity index (χ0) is 22.1. The molecule has 0 saturated carbocycles. The molecule has 0 unspecified atom stereocenters. The summed E-state index contributed by atoms with van der Waals surface area (Å²) in [6.45, 7) is 0.709. The van der Waals surface area contributed by atoms with Gasteiger partial charge in [-0.25, -0.2) is 26.3 Å². The summed E-state index contributed by atoms with van der Waals surface area (Å²) in [5.41, 5.74) is 0.700. The Labute approximate surface area is 178 Å². The minimum atomic E-state index is -3.24. The number of benzene rings is 1. The van der Waals surface area contributed by atoms with Crippen molar-refractivity contribution in [2.45, 2.75) is 18.9 Å². The maximum atomic E-state index is 13.4. The van der Waals surface area contributed by atoms with Crippen molar-refractivity contribution in [2.75, 3.05) is 31.7 Å². The predicted octanol–water partition coefficient (Wildman–Crippen LogP) is 3.57. The van der Waals surface area contributed by atoms with Crippen molar-refractivity contribution in [1.82, 2.24) is 14.2 Å². The highest BCUT2D eigenvalue weighted by Gasteiger charge is 2.29. The number of aromatic nitrogens is 1. The Bertz CT molecular complexity index is 1040. The molecule has 2 amide bonds. The van der Waals surface area contributed by atoms with Crippen molar-refractivity contribution in [3.63, 3.8) is 0 Å². The van der Waals surface area contributed by atoms with Crippen LogP contribution >= 0.6 is 11.6 Å². The zero-order valence-electron chi connectivity index (χ0n) is 16.4. The Morgan fingerprint density at radius 1 is 1.20 bits per heavy atom. The number of pyridine rings is 1. The first-order valence-electron chi connectivity index (χ1n) is 9.15. The Hall–Kier alpha value is -2.30. The molecule has 0 bridgehead atoms. The van der Waals surface area contributed by atoms with Crippen LogP contribution in [0.2, 0.25) is 5.02 Å². The number of rotatable bonds is 4. The molecule has 0 atom stereocenters. The van der Waals surface area contributed by atoms with Crippen LogP contribution in [0.4, 0.5) is 19.3 Å². The van der Waals surface area contributed by atoms with Crippen LogP contribution in [0.25, 0.3) is 11.3 Å². The number of nitrogens with zero attached hydrogens (tertiary/aromatic N) is 3. The average molecular weight is 459 g/mol. The molecule has 11 heteroatoms. The summed E-state index contributed by atoms with van der Waals surface area (Å²) in [4.78, 5) is 18.2. The molecule has 1 fully saturated rings. The van der Waals surface area contributed by atoms with Gasteiger partial charge in [-0.3, -0.25) is 4.98 Å². The van der Waals surface area contributed by atoms with Gasteiger partial charge >= 0.3 is 6.03 Å². The molecule has 0 aliphatic carbocycles. The minimum Gasteiger partial charge on any atom is -0.325 e. The number of carbonyl (C=O) groups is 1. The average Bonchev–Trinajstić information content (AvgIpc) is 2.66. The van der Waals surface area contributed by atoms with Gasteiger partial charge in [0.15, 0.2) is 0 Å². The Balaban J connectivity index is 1.66. The lowest BCUT2D eigenvalue weighted by Gasteiger charge is -2.35. The van der Waals surface area contributed by atoms with Gasteiger partial charge in [0.25, 0.3) is 0 Å². The second kappa shape index (κ2) is 8.83. The highest BCUT2D eigenvalue weighted by molar-refractivity contribution is 7.88. The van der Waals surface area contributed by atoms with Gasteiger partial charge in [-0.15, -0.1) is 0 Å². The molecule has 2 heterocycles. The van der Waals surface area contributed by atoms with Crippen molar-refractivity contribution >= 4 is 33.3 Å². The first kappa shape index (κ1) is 22.4. The summed E-state index contributed by atoms with van der Waals surface area (Å²) in [7, 11) is -1.60. The van der Waals surface area contributed by atoms with Gasteiger partial charge in [-0.1, -0.05) is 11.6 Å². The third-order valence-corrected chi connectivity index (χ3v) is 6.58. The molecule has 30 heavy (non-hydrogen) atoms. The molecule has 3 rings (SSSR count). The van der Waals surface area contributed by atoms with Gasteiger partial charge < -0.3 is 10.2 Å². The van der Waals surface area contributed by atoms with E-state index in [1.807, 2.05) is 0 Å². The van der Waals surface area contributed by atoms with Crippen LogP contribution in [-0.2, 0) is 10.0 Å². The number of halogens is 3. The predicted molar refractivity (Wildman–Crippen MR) is 111 cm³/mol. The quantitative estimate of drug-likeness (QED) is 0.759. The lowest BCUT2D eigenvalue weighted by molar-refractivity contribution is 0.174. The molecule has 1 aromatic heterocycles. The van der Waals surface area contributed by atoms with Crippen LogP contribution in [0.5, 0.6) is 0 Å². The standard InChI is InChI=1S/C19H21ClF2N4O3S/c1-25(16-3-5-26(6-4-16)30(2,28)29)19(27)24-15-10-17(20)18(23-11-15)12-7-13(21)9-14(22)8-12/h7-11,16H,3-6H2,1-2H3,(H,24,27). The SMILES string of the molecule is CN(C(=O)Nc1cnc(-c2cc(F)cc(F)c2)c(Cl)c1)C1CCN(S(C)(=O)=O)CC1. The Morgan fingerprint density at radius 2 is 1.80 bits per heavy atom. The Kier molecular flexibility index (Phi) is 6.59. The van der Waals surface area contributed by atoms with Gasteiger partial charge in [-0.05, 0) is 31.0 Å². The van der Waals surface area contributed by atoms with E-state index in [0.29, 0.717) is 31.6 Å². The second-order valence-corrected chi connectivity index (χ2v) is 9.54. The summed E-state index contributed by atoms with van der Waals surface area (Å²) in [6, 6.07) is 3.93. The number of urea groups is 1. The highest BCUT2D eigenvalue weighted by atomic mass is 35.5. The van der Waals surface area contributed by atoms with Gasteiger partial charge in [0.2, 0.25) is 10.0 Å². The zero-order valence-corrected chi connectivity index (χ0v) is 18.0. The molecule has 1 aromatic carbocycles. The number of hydrogen-bond donors (Lipinski definition) is 1. The summed E-state index contributed by atoms with van der Waals surface area (Å²) < 4.78 is 51.5. The normalized spacial score (nSPS) is 15.8.